The lowest BCUT2D eigenvalue weighted by Gasteiger charge is -1.94. The molecule has 0 aromatic carbocycles. The summed E-state index contributed by atoms with van der Waals surface area (Å²) in [4.78, 5) is 3.74. The van der Waals surface area contributed by atoms with E-state index in [1.54, 1.807) is 0 Å². The summed E-state index contributed by atoms with van der Waals surface area (Å²) in [6.45, 7) is 0. The van der Waals surface area contributed by atoms with Crippen LogP contribution < -0.4 is 5.73 Å². The first-order valence-corrected chi connectivity index (χ1v) is 3.15. The smallest absolute Gasteiger partial charge is 0.226 e. The number of rotatable bonds is 0. The second kappa shape index (κ2) is 2.03. The molecule has 0 radical (unpaired) electrons. The van der Waals surface area contributed by atoms with Crippen LogP contribution in [0.25, 0.3) is 5.65 Å². The third-order valence-electron chi connectivity index (χ3n) is 1.18. The van der Waals surface area contributed by atoms with Crippen molar-refractivity contribution in [3.63, 3.8) is 0 Å². The van der Waals surface area contributed by atoms with Crippen LogP contribution in [0.5, 0.6) is 0 Å². The molecule has 56 valence electrons. The van der Waals surface area contributed by atoms with E-state index in [0.29, 0.717) is 5.65 Å². The molecule has 0 aliphatic heterocycles. The quantitative estimate of drug-likeness (QED) is 0.552. The molecule has 0 aliphatic rings. The molecule has 0 saturated carbocycles. The average molecular weight is 171 g/mol. The van der Waals surface area contributed by atoms with Crippen molar-refractivity contribution in [1.82, 2.24) is 25.0 Å². The highest BCUT2D eigenvalue weighted by Crippen LogP contribution is 2.09. The molecule has 0 atom stereocenters. The van der Waals surface area contributed by atoms with Crippen LogP contribution in [0.4, 0.5) is 5.95 Å². The van der Waals surface area contributed by atoms with Gasteiger partial charge in [0, 0.05) is 6.07 Å². The monoisotopic (exact) mass is 170 g/mol. The van der Waals surface area contributed by atoms with Crippen LogP contribution in [-0.2, 0) is 0 Å². The van der Waals surface area contributed by atoms with Gasteiger partial charge in [-0.3, -0.25) is 0 Å². The predicted octanol–water partition coefficient (Wildman–Crippen LogP) is -0.245. The Labute approximate surface area is 66.0 Å². The van der Waals surface area contributed by atoms with Crippen LogP contribution in [0, 0.1) is 0 Å². The molecule has 2 aromatic heterocycles. The Bertz CT molecular complexity index is 394. The highest BCUT2D eigenvalue weighted by atomic mass is 35.5. The zero-order valence-electron chi connectivity index (χ0n) is 5.27. The largest absolute Gasteiger partial charge is 0.368 e. The molecule has 6 nitrogen and oxygen atoms in total. The number of tetrazole rings is 1. The maximum absolute atomic E-state index is 5.58. The normalized spacial score (nSPS) is 10.6. The van der Waals surface area contributed by atoms with Gasteiger partial charge in [-0.05, 0) is 10.4 Å². The van der Waals surface area contributed by atoms with E-state index in [4.69, 9.17) is 17.3 Å². The summed E-state index contributed by atoms with van der Waals surface area (Å²) in [5.41, 5.74) is 5.91. The standard InChI is InChI=1S/C4H3ClN6/c5-2-1-3-8-9-10-11(3)4(6)7-2/h1H,(H2,6,7). The maximum Gasteiger partial charge on any atom is 0.226 e. The fraction of sp³-hybridized carbons (Fsp3) is 0. The van der Waals surface area contributed by atoms with Gasteiger partial charge in [0.15, 0.2) is 5.65 Å². The van der Waals surface area contributed by atoms with E-state index in [0.717, 1.165) is 0 Å². The van der Waals surface area contributed by atoms with E-state index in [1.165, 1.54) is 10.6 Å². The number of halogens is 1. The molecular formula is C4H3ClN6. The predicted molar refractivity (Wildman–Crippen MR) is 38.0 cm³/mol. The van der Waals surface area contributed by atoms with Gasteiger partial charge in [0.2, 0.25) is 5.95 Å². The Balaban J connectivity index is 2.91. The van der Waals surface area contributed by atoms with E-state index in [1.807, 2.05) is 0 Å². The van der Waals surface area contributed by atoms with E-state index in [-0.39, 0.29) is 11.1 Å². The van der Waals surface area contributed by atoms with Crippen LogP contribution in [0.15, 0.2) is 6.07 Å². The highest BCUT2D eigenvalue weighted by Gasteiger charge is 2.02. The molecule has 0 unspecified atom stereocenters. The first-order chi connectivity index (χ1) is 5.27. The summed E-state index contributed by atoms with van der Waals surface area (Å²) < 4.78 is 1.30. The van der Waals surface area contributed by atoms with E-state index < -0.39 is 0 Å². The average Bonchev–Trinajstić information content (AvgIpc) is 2.34. The number of hydrogen-bond donors (Lipinski definition) is 1. The first kappa shape index (κ1) is 6.29. The van der Waals surface area contributed by atoms with Crippen LogP contribution >= 0.6 is 11.6 Å². The van der Waals surface area contributed by atoms with Crippen molar-refractivity contribution in [2.45, 2.75) is 0 Å². The van der Waals surface area contributed by atoms with Crippen molar-refractivity contribution in [2.75, 3.05) is 5.73 Å². The lowest BCUT2D eigenvalue weighted by Crippen LogP contribution is -2.01. The van der Waals surface area contributed by atoms with Gasteiger partial charge in [-0.2, -0.15) is 4.52 Å². The summed E-state index contributed by atoms with van der Waals surface area (Å²) in [5, 5.41) is 10.9. The topological polar surface area (TPSA) is 82.0 Å². The van der Waals surface area contributed by atoms with Crippen molar-refractivity contribution >= 4 is 23.2 Å². The first-order valence-electron chi connectivity index (χ1n) is 2.77. The number of fused-ring (bicyclic) bond motifs is 1. The summed E-state index contributed by atoms with van der Waals surface area (Å²) >= 11 is 5.58. The van der Waals surface area contributed by atoms with Gasteiger partial charge in [0.25, 0.3) is 0 Å². The summed E-state index contributed by atoms with van der Waals surface area (Å²) in [6.07, 6.45) is 0. The van der Waals surface area contributed by atoms with Crippen molar-refractivity contribution in [3.05, 3.63) is 11.2 Å². The zero-order chi connectivity index (χ0) is 7.84. The molecular weight excluding hydrogens is 168 g/mol. The number of anilines is 1. The minimum absolute atomic E-state index is 0.178. The van der Waals surface area contributed by atoms with Crippen molar-refractivity contribution < 1.29 is 0 Å². The molecule has 0 aliphatic carbocycles. The number of nitrogens with zero attached hydrogens (tertiary/aromatic N) is 5. The van der Waals surface area contributed by atoms with Crippen molar-refractivity contribution in [2.24, 2.45) is 0 Å². The second-order valence-corrected chi connectivity index (χ2v) is 2.27. The highest BCUT2D eigenvalue weighted by molar-refractivity contribution is 6.29. The van der Waals surface area contributed by atoms with E-state index in [2.05, 4.69) is 20.5 Å². The number of hydrogen-bond acceptors (Lipinski definition) is 5. The van der Waals surface area contributed by atoms with Crippen LogP contribution in [0.1, 0.15) is 0 Å². The van der Waals surface area contributed by atoms with Gasteiger partial charge in [-0.1, -0.05) is 11.6 Å². The molecule has 0 fully saturated rings. The van der Waals surface area contributed by atoms with Gasteiger partial charge in [0.05, 0.1) is 0 Å². The van der Waals surface area contributed by atoms with Gasteiger partial charge in [-0.25, -0.2) is 4.98 Å². The Morgan fingerprint density at radius 1 is 1.55 bits per heavy atom. The Hall–Kier alpha value is -1.43. The third kappa shape index (κ3) is 0.874. The van der Waals surface area contributed by atoms with Crippen molar-refractivity contribution in [1.29, 1.82) is 0 Å². The molecule has 0 spiro atoms. The molecule has 2 N–H and O–H groups in total. The van der Waals surface area contributed by atoms with Crippen LogP contribution in [-0.4, -0.2) is 25.0 Å². The van der Waals surface area contributed by atoms with Crippen LogP contribution in [0.2, 0.25) is 5.15 Å². The minimum Gasteiger partial charge on any atom is -0.368 e. The molecule has 0 bridgehead atoms. The molecule has 0 amide bonds. The molecule has 7 heteroatoms. The summed E-state index contributed by atoms with van der Waals surface area (Å²) in [6, 6.07) is 1.53. The van der Waals surface area contributed by atoms with Gasteiger partial charge >= 0.3 is 0 Å². The Morgan fingerprint density at radius 2 is 2.36 bits per heavy atom. The molecule has 2 aromatic rings. The molecule has 2 rings (SSSR count). The van der Waals surface area contributed by atoms with Gasteiger partial charge in [0.1, 0.15) is 5.15 Å². The lowest BCUT2D eigenvalue weighted by atomic mass is 10.6. The summed E-state index contributed by atoms with van der Waals surface area (Å²) in [5.74, 6) is 0.178. The molecule has 11 heavy (non-hydrogen) atoms. The van der Waals surface area contributed by atoms with Gasteiger partial charge in [-0.15, -0.1) is 5.10 Å². The Kier molecular flexibility index (Phi) is 1.16. The maximum atomic E-state index is 5.58. The van der Waals surface area contributed by atoms with E-state index >= 15 is 0 Å². The zero-order valence-corrected chi connectivity index (χ0v) is 6.02. The minimum atomic E-state index is 0.178. The SMILES string of the molecule is Nc1nc(Cl)cc2nnnn12. The lowest BCUT2D eigenvalue weighted by molar-refractivity contribution is 0.819. The fourth-order valence-corrected chi connectivity index (χ4v) is 0.927. The number of nitrogens with two attached hydrogens (primary N) is 1. The third-order valence-corrected chi connectivity index (χ3v) is 1.37. The second-order valence-electron chi connectivity index (χ2n) is 1.89. The van der Waals surface area contributed by atoms with Crippen LogP contribution in [0.3, 0.4) is 0 Å². The molecule has 0 saturated heterocycles. The Morgan fingerprint density at radius 3 is 3.18 bits per heavy atom. The van der Waals surface area contributed by atoms with E-state index in [9.17, 15) is 0 Å². The van der Waals surface area contributed by atoms with Crippen molar-refractivity contribution in [3.8, 4) is 0 Å². The molecule has 2 heterocycles. The van der Waals surface area contributed by atoms with Gasteiger partial charge < -0.3 is 5.73 Å². The number of aromatic nitrogens is 5. The fourth-order valence-electron chi connectivity index (χ4n) is 0.743. The summed E-state index contributed by atoms with van der Waals surface area (Å²) in [7, 11) is 0. The number of nitrogen functional groups attached to an aromatic ring is 1.